The molecule has 1 aliphatic heterocycles. The summed E-state index contributed by atoms with van der Waals surface area (Å²) in [4.78, 5) is 4.59. The molecule has 0 saturated heterocycles. The average molecular weight is 245 g/mol. The average Bonchev–Trinajstić information content (AvgIpc) is 2.78. The van der Waals surface area contributed by atoms with Crippen LogP contribution in [0.15, 0.2) is 24.4 Å². The summed E-state index contributed by atoms with van der Waals surface area (Å²) in [6, 6.07) is 5.11. The summed E-state index contributed by atoms with van der Waals surface area (Å²) in [6.07, 6.45) is 4.09. The summed E-state index contributed by atoms with van der Waals surface area (Å²) >= 11 is 0. The Morgan fingerprint density at radius 2 is 2.28 bits per heavy atom. The SMILES string of the molecule is Cc1cc(-c2cn3c(n2)C(N)CCC3)ccc1F. The van der Waals surface area contributed by atoms with E-state index >= 15 is 0 Å². The van der Waals surface area contributed by atoms with Crippen LogP contribution in [0.3, 0.4) is 0 Å². The number of hydrogen-bond donors (Lipinski definition) is 1. The van der Waals surface area contributed by atoms with Crippen LogP contribution >= 0.6 is 0 Å². The van der Waals surface area contributed by atoms with Crippen molar-refractivity contribution in [1.82, 2.24) is 9.55 Å². The van der Waals surface area contributed by atoms with E-state index in [-0.39, 0.29) is 11.9 Å². The molecule has 2 aromatic rings. The fourth-order valence-corrected chi connectivity index (χ4v) is 2.46. The molecule has 1 aromatic heterocycles. The van der Waals surface area contributed by atoms with Crippen molar-refractivity contribution in [3.05, 3.63) is 41.6 Å². The molecule has 1 unspecified atom stereocenters. The Balaban J connectivity index is 2.04. The zero-order valence-electron chi connectivity index (χ0n) is 10.4. The van der Waals surface area contributed by atoms with Crippen LogP contribution in [0.2, 0.25) is 0 Å². The molecule has 3 rings (SSSR count). The molecule has 0 spiro atoms. The molecule has 0 aliphatic carbocycles. The third kappa shape index (κ3) is 1.82. The Bertz CT molecular complexity index is 589. The summed E-state index contributed by atoms with van der Waals surface area (Å²) < 4.78 is 15.4. The van der Waals surface area contributed by atoms with E-state index in [1.54, 1.807) is 13.0 Å². The number of hydrogen-bond acceptors (Lipinski definition) is 2. The minimum Gasteiger partial charge on any atom is -0.333 e. The van der Waals surface area contributed by atoms with Gasteiger partial charge in [-0.15, -0.1) is 0 Å². The van der Waals surface area contributed by atoms with E-state index in [0.29, 0.717) is 5.56 Å². The molecule has 2 N–H and O–H groups in total. The van der Waals surface area contributed by atoms with E-state index in [2.05, 4.69) is 9.55 Å². The maximum absolute atomic E-state index is 13.3. The summed E-state index contributed by atoms with van der Waals surface area (Å²) in [7, 11) is 0. The summed E-state index contributed by atoms with van der Waals surface area (Å²) in [5.74, 6) is 0.762. The van der Waals surface area contributed by atoms with Crippen LogP contribution in [0.4, 0.5) is 4.39 Å². The fourth-order valence-electron chi connectivity index (χ4n) is 2.46. The van der Waals surface area contributed by atoms with Crippen LogP contribution in [0.25, 0.3) is 11.3 Å². The van der Waals surface area contributed by atoms with Gasteiger partial charge in [-0.25, -0.2) is 9.37 Å². The van der Waals surface area contributed by atoms with Crippen molar-refractivity contribution >= 4 is 0 Å². The van der Waals surface area contributed by atoms with E-state index in [1.165, 1.54) is 6.07 Å². The Morgan fingerprint density at radius 3 is 3.00 bits per heavy atom. The normalized spacial score (nSPS) is 18.7. The lowest BCUT2D eigenvalue weighted by atomic mass is 10.1. The number of nitrogens with two attached hydrogens (primary N) is 1. The van der Waals surface area contributed by atoms with Crippen LogP contribution in [0, 0.1) is 12.7 Å². The highest BCUT2D eigenvalue weighted by molar-refractivity contribution is 5.60. The van der Waals surface area contributed by atoms with Crippen molar-refractivity contribution in [3.63, 3.8) is 0 Å². The minimum absolute atomic E-state index is 0.0223. The van der Waals surface area contributed by atoms with Crippen molar-refractivity contribution in [2.75, 3.05) is 0 Å². The molecule has 1 aromatic carbocycles. The van der Waals surface area contributed by atoms with E-state index < -0.39 is 0 Å². The van der Waals surface area contributed by atoms with Gasteiger partial charge in [-0.3, -0.25) is 0 Å². The first-order chi connectivity index (χ1) is 8.65. The van der Waals surface area contributed by atoms with Crippen molar-refractivity contribution in [3.8, 4) is 11.3 Å². The van der Waals surface area contributed by atoms with Gasteiger partial charge in [0, 0.05) is 18.3 Å². The molecule has 0 amide bonds. The van der Waals surface area contributed by atoms with E-state index in [4.69, 9.17) is 5.73 Å². The fraction of sp³-hybridized carbons (Fsp3) is 0.357. The van der Waals surface area contributed by atoms with Gasteiger partial charge >= 0.3 is 0 Å². The summed E-state index contributed by atoms with van der Waals surface area (Å²) in [5, 5.41) is 0. The zero-order chi connectivity index (χ0) is 12.7. The Labute approximate surface area is 105 Å². The molecule has 4 heteroatoms. The van der Waals surface area contributed by atoms with Gasteiger partial charge in [0.15, 0.2) is 0 Å². The number of aromatic nitrogens is 2. The summed E-state index contributed by atoms with van der Waals surface area (Å²) in [5.41, 5.74) is 8.52. The number of halogens is 1. The number of nitrogens with zero attached hydrogens (tertiary/aromatic N) is 2. The molecule has 0 fully saturated rings. The third-order valence-electron chi connectivity index (χ3n) is 3.51. The minimum atomic E-state index is -0.181. The van der Waals surface area contributed by atoms with E-state index in [0.717, 1.165) is 36.5 Å². The highest BCUT2D eigenvalue weighted by Gasteiger charge is 2.20. The van der Waals surface area contributed by atoms with Crippen LogP contribution in [0.1, 0.15) is 30.3 Å². The van der Waals surface area contributed by atoms with Gasteiger partial charge < -0.3 is 10.3 Å². The maximum Gasteiger partial charge on any atom is 0.126 e. The number of aryl methyl sites for hydroxylation is 2. The predicted octanol–water partition coefficient (Wildman–Crippen LogP) is 2.79. The van der Waals surface area contributed by atoms with Gasteiger partial charge in [-0.2, -0.15) is 0 Å². The highest BCUT2D eigenvalue weighted by Crippen LogP contribution is 2.27. The monoisotopic (exact) mass is 245 g/mol. The van der Waals surface area contributed by atoms with E-state index in [9.17, 15) is 4.39 Å². The second kappa shape index (κ2) is 4.21. The lowest BCUT2D eigenvalue weighted by Crippen LogP contribution is -2.21. The lowest BCUT2D eigenvalue weighted by molar-refractivity contribution is 0.451. The van der Waals surface area contributed by atoms with Gasteiger partial charge in [-0.05, 0) is 43.5 Å². The molecule has 1 atom stereocenters. The van der Waals surface area contributed by atoms with Crippen molar-refractivity contribution in [2.45, 2.75) is 32.4 Å². The molecule has 0 radical (unpaired) electrons. The topological polar surface area (TPSA) is 43.8 Å². The summed E-state index contributed by atoms with van der Waals surface area (Å²) in [6.45, 7) is 2.73. The number of rotatable bonds is 1. The standard InChI is InChI=1S/C14H16FN3/c1-9-7-10(4-5-11(9)15)13-8-18-6-2-3-12(16)14(18)17-13/h4-5,7-8,12H,2-3,6,16H2,1H3. The van der Waals surface area contributed by atoms with Crippen molar-refractivity contribution in [2.24, 2.45) is 5.73 Å². The quantitative estimate of drug-likeness (QED) is 0.839. The van der Waals surface area contributed by atoms with Crippen molar-refractivity contribution < 1.29 is 4.39 Å². The van der Waals surface area contributed by atoms with Gasteiger partial charge in [0.25, 0.3) is 0 Å². The van der Waals surface area contributed by atoms with Crippen LogP contribution in [0.5, 0.6) is 0 Å². The Kier molecular flexibility index (Phi) is 2.67. The molecule has 3 nitrogen and oxygen atoms in total. The van der Waals surface area contributed by atoms with Crippen LogP contribution < -0.4 is 5.73 Å². The van der Waals surface area contributed by atoms with Gasteiger partial charge in [0.2, 0.25) is 0 Å². The molecule has 2 heterocycles. The van der Waals surface area contributed by atoms with E-state index in [1.807, 2.05) is 12.3 Å². The molecule has 0 bridgehead atoms. The second-order valence-electron chi connectivity index (χ2n) is 4.89. The first-order valence-corrected chi connectivity index (χ1v) is 6.24. The maximum atomic E-state index is 13.3. The first kappa shape index (κ1) is 11.4. The van der Waals surface area contributed by atoms with Crippen LogP contribution in [-0.4, -0.2) is 9.55 Å². The first-order valence-electron chi connectivity index (χ1n) is 6.24. The number of imidazole rings is 1. The molecule has 18 heavy (non-hydrogen) atoms. The van der Waals surface area contributed by atoms with Gasteiger partial charge in [-0.1, -0.05) is 0 Å². The zero-order valence-corrected chi connectivity index (χ0v) is 10.4. The lowest BCUT2D eigenvalue weighted by Gasteiger charge is -2.19. The molecule has 0 saturated carbocycles. The Hall–Kier alpha value is -1.68. The molecular formula is C14H16FN3. The second-order valence-corrected chi connectivity index (χ2v) is 4.89. The van der Waals surface area contributed by atoms with Gasteiger partial charge in [0.1, 0.15) is 11.6 Å². The van der Waals surface area contributed by atoms with Crippen LogP contribution in [-0.2, 0) is 6.54 Å². The molecule has 1 aliphatic rings. The van der Waals surface area contributed by atoms with Gasteiger partial charge in [0.05, 0.1) is 11.7 Å². The smallest absolute Gasteiger partial charge is 0.126 e. The van der Waals surface area contributed by atoms with Crippen molar-refractivity contribution in [1.29, 1.82) is 0 Å². The number of fused-ring (bicyclic) bond motifs is 1. The number of benzene rings is 1. The predicted molar refractivity (Wildman–Crippen MR) is 68.5 cm³/mol. The highest BCUT2D eigenvalue weighted by atomic mass is 19.1. The largest absolute Gasteiger partial charge is 0.333 e. The molecule has 94 valence electrons. The molecular weight excluding hydrogens is 229 g/mol. The Morgan fingerprint density at radius 1 is 1.44 bits per heavy atom. The third-order valence-corrected chi connectivity index (χ3v) is 3.51.